The largest absolute Gasteiger partial charge is 0.416 e. The van der Waals surface area contributed by atoms with Crippen LogP contribution in [0, 0.1) is 6.92 Å². The van der Waals surface area contributed by atoms with Gasteiger partial charge in [0.15, 0.2) is 0 Å². The molecule has 1 aromatic heterocycles. The summed E-state index contributed by atoms with van der Waals surface area (Å²) in [7, 11) is -2.52. The van der Waals surface area contributed by atoms with Crippen LogP contribution in [0.4, 0.5) is 13.2 Å². The van der Waals surface area contributed by atoms with Gasteiger partial charge in [-0.3, -0.25) is 14.2 Å². The van der Waals surface area contributed by atoms with Gasteiger partial charge < -0.3 is 5.32 Å². The molecule has 0 fully saturated rings. The quantitative estimate of drug-likeness (QED) is 0.568. The highest BCUT2D eigenvalue weighted by Crippen LogP contribution is 2.30. The molecule has 3 rings (SSSR count). The van der Waals surface area contributed by atoms with Gasteiger partial charge in [-0.15, -0.1) is 0 Å². The summed E-state index contributed by atoms with van der Waals surface area (Å²) in [6.07, 6.45) is -4.59. The normalized spacial score (nSPS) is 11.9. The zero-order valence-corrected chi connectivity index (χ0v) is 18.4. The van der Waals surface area contributed by atoms with Crippen molar-refractivity contribution in [3.8, 4) is 5.69 Å². The number of carbonyl (C=O) groups is 1. The fourth-order valence-corrected chi connectivity index (χ4v) is 4.20. The number of nitrogens with zero attached hydrogens (tertiary/aromatic N) is 1. The van der Waals surface area contributed by atoms with Crippen molar-refractivity contribution in [1.82, 2.24) is 14.6 Å². The van der Waals surface area contributed by atoms with Crippen LogP contribution in [0.2, 0.25) is 0 Å². The Morgan fingerprint density at radius 1 is 1.03 bits per heavy atom. The number of benzene rings is 2. The number of alkyl halides is 3. The molecule has 7 nitrogen and oxygen atoms in total. The minimum atomic E-state index is -4.59. The highest BCUT2D eigenvalue weighted by molar-refractivity contribution is 7.89. The Morgan fingerprint density at radius 2 is 1.73 bits per heavy atom. The maximum absolute atomic E-state index is 13.1. The number of carbonyl (C=O) groups excluding carboxylic acids is 1. The number of sulfonamides is 1. The molecule has 0 unspecified atom stereocenters. The van der Waals surface area contributed by atoms with Crippen molar-refractivity contribution < 1.29 is 26.4 Å². The number of aryl methyl sites for hydroxylation is 1. The van der Waals surface area contributed by atoms with Crippen LogP contribution in [0.3, 0.4) is 0 Å². The first kappa shape index (κ1) is 24.2. The Hall–Kier alpha value is -3.44. The molecule has 0 aliphatic carbocycles. The number of aromatic nitrogens is 1. The first-order valence-electron chi connectivity index (χ1n) is 9.65. The molecule has 0 radical (unpaired) electrons. The molecule has 0 atom stereocenters. The number of hydrogen-bond donors (Lipinski definition) is 2. The summed E-state index contributed by atoms with van der Waals surface area (Å²) in [6, 6.07) is 13.0. The number of amides is 1. The van der Waals surface area contributed by atoms with E-state index in [2.05, 4.69) is 10.0 Å². The number of halogens is 3. The minimum absolute atomic E-state index is 0.0296. The van der Waals surface area contributed by atoms with Gasteiger partial charge in [0.25, 0.3) is 11.5 Å². The van der Waals surface area contributed by atoms with Crippen molar-refractivity contribution in [3.63, 3.8) is 0 Å². The van der Waals surface area contributed by atoms with Crippen molar-refractivity contribution in [1.29, 1.82) is 0 Å². The Bertz CT molecular complexity index is 1370. The molecule has 174 valence electrons. The molecule has 0 saturated heterocycles. The van der Waals surface area contributed by atoms with E-state index in [4.69, 9.17) is 0 Å². The van der Waals surface area contributed by atoms with Gasteiger partial charge in [0, 0.05) is 17.9 Å². The molecular weight excluding hydrogens is 459 g/mol. The molecule has 0 spiro atoms. The topological polar surface area (TPSA) is 97.3 Å². The molecule has 1 heterocycles. The average Bonchev–Trinajstić information content (AvgIpc) is 2.77. The monoisotopic (exact) mass is 479 g/mol. The van der Waals surface area contributed by atoms with Crippen LogP contribution in [0.1, 0.15) is 27.2 Å². The standard InChI is InChI=1S/C22H20F3N3O4S/c1-14-10-11-18(21(30)28(14)17-8-5-7-16(12-17)22(23,24)25)20(29)27-13-15-6-3-4-9-19(15)33(31,32)26-2/h3-12,26H,13H2,1-2H3,(H,27,29). The van der Waals surface area contributed by atoms with Gasteiger partial charge >= 0.3 is 6.18 Å². The van der Waals surface area contributed by atoms with Gasteiger partial charge in [0.1, 0.15) is 5.56 Å². The molecule has 1 amide bonds. The predicted octanol–water partition coefficient (Wildman–Crippen LogP) is 3.00. The maximum atomic E-state index is 13.1. The van der Waals surface area contributed by atoms with Crippen LogP contribution in [0.25, 0.3) is 5.69 Å². The third-order valence-electron chi connectivity index (χ3n) is 4.92. The van der Waals surface area contributed by atoms with Crippen molar-refractivity contribution in [2.75, 3.05) is 7.05 Å². The summed E-state index contributed by atoms with van der Waals surface area (Å²) in [5.74, 6) is -0.794. The first-order valence-corrected chi connectivity index (χ1v) is 11.1. The van der Waals surface area contributed by atoms with Crippen LogP contribution in [-0.4, -0.2) is 25.9 Å². The lowest BCUT2D eigenvalue weighted by atomic mass is 10.1. The summed E-state index contributed by atoms with van der Waals surface area (Å²) < 4.78 is 66.8. The van der Waals surface area contributed by atoms with Gasteiger partial charge in [-0.1, -0.05) is 24.3 Å². The van der Waals surface area contributed by atoms with Crippen molar-refractivity contribution >= 4 is 15.9 Å². The lowest BCUT2D eigenvalue weighted by molar-refractivity contribution is -0.137. The van der Waals surface area contributed by atoms with Gasteiger partial charge in [-0.25, -0.2) is 13.1 Å². The van der Waals surface area contributed by atoms with Crippen LogP contribution >= 0.6 is 0 Å². The van der Waals surface area contributed by atoms with Crippen LogP contribution < -0.4 is 15.6 Å². The number of hydrogen-bond acceptors (Lipinski definition) is 4. The molecule has 2 N–H and O–H groups in total. The molecule has 3 aromatic rings. The number of rotatable bonds is 6. The van der Waals surface area contributed by atoms with Gasteiger partial charge in [0.05, 0.1) is 10.5 Å². The zero-order valence-electron chi connectivity index (χ0n) is 17.6. The van der Waals surface area contributed by atoms with E-state index in [1.54, 1.807) is 6.07 Å². The third kappa shape index (κ3) is 5.15. The van der Waals surface area contributed by atoms with Crippen molar-refractivity contribution in [3.05, 3.63) is 93.4 Å². The van der Waals surface area contributed by atoms with Gasteiger partial charge in [0.2, 0.25) is 10.0 Å². The zero-order chi connectivity index (χ0) is 24.4. The second-order valence-corrected chi connectivity index (χ2v) is 8.93. The molecule has 11 heteroatoms. The average molecular weight is 479 g/mol. The van der Waals surface area contributed by atoms with Crippen LogP contribution in [0.5, 0.6) is 0 Å². The second kappa shape index (κ2) is 9.20. The molecule has 33 heavy (non-hydrogen) atoms. The van der Waals surface area contributed by atoms with Crippen LogP contribution in [0.15, 0.2) is 70.4 Å². The predicted molar refractivity (Wildman–Crippen MR) is 116 cm³/mol. The Kier molecular flexibility index (Phi) is 6.75. The van der Waals surface area contributed by atoms with E-state index in [1.165, 1.54) is 56.4 Å². The van der Waals surface area contributed by atoms with E-state index in [0.717, 1.165) is 16.7 Å². The van der Waals surface area contributed by atoms with E-state index < -0.39 is 33.2 Å². The highest BCUT2D eigenvalue weighted by atomic mass is 32.2. The van der Waals surface area contributed by atoms with Gasteiger partial charge in [-0.05, 0) is 55.9 Å². The third-order valence-corrected chi connectivity index (χ3v) is 6.44. The molecule has 0 bridgehead atoms. The number of nitrogens with one attached hydrogen (secondary N) is 2. The van der Waals surface area contributed by atoms with E-state index in [-0.39, 0.29) is 22.7 Å². The lowest BCUT2D eigenvalue weighted by Crippen LogP contribution is -2.33. The summed E-state index contributed by atoms with van der Waals surface area (Å²) in [5.41, 5.74) is -1.43. The lowest BCUT2D eigenvalue weighted by Gasteiger charge is -2.15. The second-order valence-electron chi connectivity index (χ2n) is 7.08. The smallest absolute Gasteiger partial charge is 0.348 e. The summed E-state index contributed by atoms with van der Waals surface area (Å²) in [6.45, 7) is 1.34. The SMILES string of the molecule is CNS(=O)(=O)c1ccccc1CNC(=O)c1ccc(C)n(-c2cccc(C(F)(F)F)c2)c1=O. The Balaban J connectivity index is 1.94. The molecular formula is C22H20F3N3O4S. The van der Waals surface area contributed by atoms with Gasteiger partial charge in [-0.2, -0.15) is 13.2 Å². The van der Waals surface area contributed by atoms with E-state index in [1.807, 2.05) is 0 Å². The highest BCUT2D eigenvalue weighted by Gasteiger charge is 2.30. The van der Waals surface area contributed by atoms with E-state index in [0.29, 0.717) is 11.3 Å². The maximum Gasteiger partial charge on any atom is 0.416 e. The molecule has 0 saturated carbocycles. The fraction of sp³-hybridized carbons (Fsp3) is 0.182. The fourth-order valence-electron chi connectivity index (χ4n) is 3.24. The van der Waals surface area contributed by atoms with Crippen LogP contribution in [-0.2, 0) is 22.7 Å². The first-order chi connectivity index (χ1) is 15.5. The number of pyridine rings is 1. The summed E-state index contributed by atoms with van der Waals surface area (Å²) in [4.78, 5) is 25.7. The van der Waals surface area contributed by atoms with Crippen molar-refractivity contribution in [2.24, 2.45) is 0 Å². The summed E-state index contributed by atoms with van der Waals surface area (Å²) in [5, 5.41) is 2.50. The van der Waals surface area contributed by atoms with E-state index in [9.17, 15) is 31.2 Å². The van der Waals surface area contributed by atoms with E-state index >= 15 is 0 Å². The molecule has 0 aliphatic rings. The Morgan fingerprint density at radius 3 is 2.39 bits per heavy atom. The minimum Gasteiger partial charge on any atom is -0.348 e. The molecule has 2 aromatic carbocycles. The molecule has 0 aliphatic heterocycles. The van der Waals surface area contributed by atoms with Crippen molar-refractivity contribution in [2.45, 2.75) is 24.5 Å². The Labute approximate surface area is 187 Å². The summed E-state index contributed by atoms with van der Waals surface area (Å²) >= 11 is 0.